The fourth-order valence-corrected chi connectivity index (χ4v) is 2.35. The molecule has 3 nitrogen and oxygen atoms in total. The van der Waals surface area contributed by atoms with Crippen LogP contribution in [0.25, 0.3) is 0 Å². The molecule has 96 valence electrons. The molecular formula is C12H12F2N2OS. The smallest absolute Gasteiger partial charge is 0.265 e. The van der Waals surface area contributed by atoms with E-state index in [-0.39, 0.29) is 5.56 Å². The van der Waals surface area contributed by atoms with Gasteiger partial charge in [-0.1, -0.05) is 0 Å². The van der Waals surface area contributed by atoms with E-state index in [9.17, 15) is 8.78 Å². The lowest BCUT2D eigenvalue weighted by molar-refractivity contribution is 0.148. The summed E-state index contributed by atoms with van der Waals surface area (Å²) >= 11 is 1.07. The van der Waals surface area contributed by atoms with Gasteiger partial charge >= 0.3 is 0 Å². The van der Waals surface area contributed by atoms with Crippen LogP contribution in [-0.2, 0) is 0 Å². The number of nitrogen functional groups attached to an aromatic ring is 1. The second-order valence-corrected chi connectivity index (χ2v) is 4.81. The average molecular weight is 270 g/mol. The third kappa shape index (κ3) is 2.64. The molecule has 0 amide bonds. The van der Waals surface area contributed by atoms with Crippen LogP contribution in [-0.4, -0.2) is 4.98 Å². The maximum Gasteiger partial charge on any atom is 0.265 e. The van der Waals surface area contributed by atoms with Crippen LogP contribution in [0.5, 0.6) is 0 Å². The van der Waals surface area contributed by atoms with Gasteiger partial charge in [-0.3, -0.25) is 0 Å². The highest BCUT2D eigenvalue weighted by atomic mass is 32.2. The number of nitrogens with zero attached hydrogens (tertiary/aromatic N) is 1. The molecule has 2 rings (SSSR count). The third-order valence-electron chi connectivity index (χ3n) is 2.48. The maximum atomic E-state index is 12.9. The molecule has 0 aliphatic carbocycles. The normalized spacial score (nSPS) is 11.2. The molecule has 1 aromatic heterocycles. The lowest BCUT2D eigenvalue weighted by Crippen LogP contribution is -1.92. The zero-order chi connectivity index (χ0) is 13.3. The van der Waals surface area contributed by atoms with E-state index in [1.807, 2.05) is 0 Å². The number of aryl methyl sites for hydroxylation is 2. The topological polar surface area (TPSA) is 52.0 Å². The third-order valence-corrected chi connectivity index (χ3v) is 3.42. The highest BCUT2D eigenvalue weighted by molar-refractivity contribution is 7.99. The van der Waals surface area contributed by atoms with Gasteiger partial charge in [-0.15, -0.1) is 0 Å². The Balaban J connectivity index is 2.33. The fraction of sp³-hybridized carbons (Fsp3) is 0.250. The van der Waals surface area contributed by atoms with Crippen molar-refractivity contribution in [3.8, 4) is 0 Å². The van der Waals surface area contributed by atoms with Gasteiger partial charge in [-0.2, -0.15) is 0 Å². The SMILES string of the molecule is Cc1nc(Sc2ccc(N)cc2C(F)F)oc1C. The second kappa shape index (κ2) is 4.97. The van der Waals surface area contributed by atoms with E-state index in [1.54, 1.807) is 26.0 Å². The minimum atomic E-state index is -2.58. The van der Waals surface area contributed by atoms with E-state index in [0.717, 1.165) is 17.5 Å². The van der Waals surface area contributed by atoms with Crippen molar-refractivity contribution < 1.29 is 13.2 Å². The maximum absolute atomic E-state index is 12.9. The zero-order valence-corrected chi connectivity index (χ0v) is 10.7. The van der Waals surface area contributed by atoms with Crippen molar-refractivity contribution in [3.05, 3.63) is 35.2 Å². The highest BCUT2D eigenvalue weighted by Gasteiger charge is 2.16. The summed E-state index contributed by atoms with van der Waals surface area (Å²) in [7, 11) is 0. The van der Waals surface area contributed by atoms with Gasteiger partial charge < -0.3 is 10.2 Å². The van der Waals surface area contributed by atoms with E-state index in [0.29, 0.717) is 21.6 Å². The van der Waals surface area contributed by atoms with Crippen molar-refractivity contribution in [1.29, 1.82) is 0 Å². The number of hydrogen-bond donors (Lipinski definition) is 1. The van der Waals surface area contributed by atoms with Gasteiger partial charge in [0, 0.05) is 16.1 Å². The van der Waals surface area contributed by atoms with Gasteiger partial charge in [0.05, 0.1) is 5.69 Å². The van der Waals surface area contributed by atoms with Gasteiger partial charge in [-0.05, 0) is 43.8 Å². The lowest BCUT2D eigenvalue weighted by Gasteiger charge is -2.07. The summed E-state index contributed by atoms with van der Waals surface area (Å²) in [4.78, 5) is 4.55. The molecule has 0 aliphatic heterocycles. The Morgan fingerprint density at radius 2 is 2.06 bits per heavy atom. The van der Waals surface area contributed by atoms with E-state index >= 15 is 0 Å². The van der Waals surface area contributed by atoms with E-state index in [4.69, 9.17) is 10.2 Å². The van der Waals surface area contributed by atoms with Gasteiger partial charge in [0.25, 0.3) is 11.6 Å². The summed E-state index contributed by atoms with van der Waals surface area (Å²) in [5, 5.41) is 0.358. The predicted molar refractivity (Wildman–Crippen MR) is 65.9 cm³/mol. The van der Waals surface area contributed by atoms with Crippen molar-refractivity contribution >= 4 is 17.4 Å². The standard InChI is InChI=1S/C12H12F2N2OS/c1-6-7(2)17-12(16-6)18-10-4-3-8(15)5-9(10)11(13)14/h3-5,11H,15H2,1-2H3. The summed E-state index contributed by atoms with van der Waals surface area (Å²) in [6.45, 7) is 3.59. The number of rotatable bonds is 3. The van der Waals surface area contributed by atoms with E-state index < -0.39 is 6.43 Å². The summed E-state index contributed by atoms with van der Waals surface area (Å²) in [6, 6.07) is 4.41. The number of aromatic nitrogens is 1. The molecule has 0 saturated carbocycles. The molecule has 0 unspecified atom stereocenters. The van der Waals surface area contributed by atoms with Crippen LogP contribution in [0.2, 0.25) is 0 Å². The molecule has 0 atom stereocenters. The molecule has 0 fully saturated rings. The average Bonchev–Trinajstić information content (AvgIpc) is 2.60. The minimum absolute atomic E-state index is 0.103. The molecule has 0 spiro atoms. The Morgan fingerprint density at radius 3 is 2.61 bits per heavy atom. The molecule has 0 radical (unpaired) electrons. The zero-order valence-electron chi connectivity index (χ0n) is 9.91. The van der Waals surface area contributed by atoms with Crippen LogP contribution in [0.1, 0.15) is 23.4 Å². The van der Waals surface area contributed by atoms with Gasteiger partial charge in [-0.25, -0.2) is 13.8 Å². The van der Waals surface area contributed by atoms with Crippen molar-refractivity contribution in [2.24, 2.45) is 0 Å². The minimum Gasteiger partial charge on any atom is -0.436 e. The predicted octanol–water partition coefficient (Wildman–Crippen LogP) is 3.96. The molecule has 2 N–H and O–H groups in total. The van der Waals surface area contributed by atoms with Crippen LogP contribution < -0.4 is 5.73 Å². The van der Waals surface area contributed by atoms with Crippen LogP contribution in [0, 0.1) is 13.8 Å². The summed E-state index contributed by atoms with van der Waals surface area (Å²) < 4.78 is 31.1. The fourth-order valence-electron chi connectivity index (χ4n) is 1.41. The molecule has 18 heavy (non-hydrogen) atoms. The first-order chi connectivity index (χ1) is 8.47. The molecule has 1 heterocycles. The Morgan fingerprint density at radius 1 is 1.33 bits per heavy atom. The second-order valence-electron chi connectivity index (χ2n) is 3.82. The monoisotopic (exact) mass is 270 g/mol. The summed E-state index contributed by atoms with van der Waals surface area (Å²) in [5.74, 6) is 0.687. The summed E-state index contributed by atoms with van der Waals surface area (Å²) in [5.41, 5.74) is 6.47. The van der Waals surface area contributed by atoms with Crippen LogP contribution >= 0.6 is 11.8 Å². The van der Waals surface area contributed by atoms with Crippen LogP contribution in [0.3, 0.4) is 0 Å². The molecule has 0 saturated heterocycles. The quantitative estimate of drug-likeness (QED) is 0.858. The number of hydrogen-bond acceptors (Lipinski definition) is 4. The number of oxazole rings is 1. The molecule has 0 bridgehead atoms. The lowest BCUT2D eigenvalue weighted by atomic mass is 10.2. The van der Waals surface area contributed by atoms with Crippen molar-refractivity contribution in [2.45, 2.75) is 30.4 Å². The van der Waals surface area contributed by atoms with Crippen molar-refractivity contribution in [1.82, 2.24) is 4.98 Å². The molecular weight excluding hydrogens is 258 g/mol. The highest BCUT2D eigenvalue weighted by Crippen LogP contribution is 2.36. The molecule has 6 heteroatoms. The first kappa shape index (κ1) is 12.9. The molecule has 1 aromatic carbocycles. The van der Waals surface area contributed by atoms with E-state index in [1.165, 1.54) is 6.07 Å². The van der Waals surface area contributed by atoms with Crippen molar-refractivity contribution in [3.63, 3.8) is 0 Å². The number of benzene rings is 1. The molecule has 0 aliphatic rings. The van der Waals surface area contributed by atoms with Crippen LogP contribution in [0.15, 0.2) is 32.7 Å². The van der Waals surface area contributed by atoms with Crippen LogP contribution in [0.4, 0.5) is 14.5 Å². The van der Waals surface area contributed by atoms with Crippen molar-refractivity contribution in [2.75, 3.05) is 5.73 Å². The Kier molecular flexibility index (Phi) is 3.56. The Bertz CT molecular complexity index is 550. The number of halogens is 2. The van der Waals surface area contributed by atoms with E-state index in [2.05, 4.69) is 4.98 Å². The number of anilines is 1. The van der Waals surface area contributed by atoms with Gasteiger partial charge in [0.15, 0.2) is 0 Å². The summed E-state index contributed by atoms with van der Waals surface area (Å²) in [6.07, 6.45) is -2.58. The Labute approximate surface area is 107 Å². The first-order valence-electron chi connectivity index (χ1n) is 5.27. The first-order valence-corrected chi connectivity index (χ1v) is 6.08. The Hall–Kier alpha value is -1.56. The number of nitrogens with two attached hydrogens (primary N) is 1. The number of alkyl halides is 2. The largest absolute Gasteiger partial charge is 0.436 e. The molecule has 2 aromatic rings. The van der Waals surface area contributed by atoms with Gasteiger partial charge in [0.1, 0.15) is 5.76 Å². The van der Waals surface area contributed by atoms with Gasteiger partial charge in [0.2, 0.25) is 0 Å².